The van der Waals surface area contributed by atoms with Crippen LogP contribution in [-0.2, 0) is 10.0 Å². The van der Waals surface area contributed by atoms with Crippen LogP contribution >= 0.6 is 0 Å². The topological polar surface area (TPSA) is 63.4 Å². The van der Waals surface area contributed by atoms with E-state index in [9.17, 15) is 26.0 Å². The van der Waals surface area contributed by atoms with Crippen LogP contribution in [0.2, 0.25) is 0 Å². The van der Waals surface area contributed by atoms with Crippen molar-refractivity contribution in [2.45, 2.75) is 24.4 Å². The zero-order chi connectivity index (χ0) is 15.6. The molecule has 0 bridgehead atoms. The molecule has 0 unspecified atom stereocenters. The average molecular weight is 314 g/mol. The molecule has 0 spiro atoms. The molecule has 1 aromatic carbocycles. The largest absolute Gasteiger partial charge is 0.402 e. The molecule has 1 aromatic rings. The maximum Gasteiger partial charge on any atom is 0.402 e. The summed E-state index contributed by atoms with van der Waals surface area (Å²) >= 11 is 0. The quantitative estimate of drug-likeness (QED) is 0.670. The smallest absolute Gasteiger partial charge is 0.399 e. The van der Waals surface area contributed by atoms with Crippen molar-refractivity contribution in [3.8, 4) is 0 Å². The fourth-order valence-corrected chi connectivity index (χ4v) is 3.16. The number of alkyl halides is 3. The van der Waals surface area contributed by atoms with E-state index in [-0.39, 0.29) is 23.0 Å². The van der Waals surface area contributed by atoms with Crippen molar-refractivity contribution < 1.29 is 26.0 Å². The summed E-state index contributed by atoms with van der Waals surface area (Å²) in [5.74, 6) is -1.17. The summed E-state index contributed by atoms with van der Waals surface area (Å²) in [6, 6.07) is 2.73. The number of hydrogen-bond donors (Lipinski definition) is 1. The lowest BCUT2D eigenvalue weighted by Crippen LogP contribution is -2.39. The van der Waals surface area contributed by atoms with Crippen LogP contribution in [0.25, 0.3) is 0 Å². The van der Waals surface area contributed by atoms with Gasteiger partial charge in [-0.05, 0) is 24.6 Å². The van der Waals surface area contributed by atoms with E-state index in [2.05, 4.69) is 0 Å². The van der Waals surface area contributed by atoms with Gasteiger partial charge in [0.25, 0.3) is 0 Å². The van der Waals surface area contributed by atoms with E-state index in [0.29, 0.717) is 0 Å². The summed E-state index contributed by atoms with van der Waals surface area (Å²) < 4.78 is 75.2. The summed E-state index contributed by atoms with van der Waals surface area (Å²) in [5.41, 5.74) is 5.26. The number of anilines is 1. The van der Waals surface area contributed by atoms with Crippen molar-refractivity contribution in [1.29, 1.82) is 0 Å². The Bertz CT molecular complexity index is 572. The van der Waals surface area contributed by atoms with Gasteiger partial charge in [0.1, 0.15) is 17.3 Å². The molecule has 0 aliphatic carbocycles. The van der Waals surface area contributed by atoms with Gasteiger partial charge in [-0.25, -0.2) is 12.8 Å². The van der Waals surface area contributed by atoms with Gasteiger partial charge in [-0.3, -0.25) is 0 Å². The predicted octanol–water partition coefficient (Wildman–Crippen LogP) is 2.37. The first-order valence-electron chi connectivity index (χ1n) is 5.70. The Labute approximate surface area is 114 Å². The molecular weight excluding hydrogens is 300 g/mol. The molecule has 4 nitrogen and oxygen atoms in total. The third-order valence-corrected chi connectivity index (χ3v) is 4.28. The molecule has 0 saturated carbocycles. The van der Waals surface area contributed by atoms with Crippen LogP contribution in [0.15, 0.2) is 23.1 Å². The minimum absolute atomic E-state index is 0.0145. The molecule has 0 aliphatic heterocycles. The second kappa shape index (κ2) is 5.96. The van der Waals surface area contributed by atoms with E-state index in [4.69, 9.17) is 5.73 Å². The minimum atomic E-state index is -4.70. The van der Waals surface area contributed by atoms with Gasteiger partial charge in [0, 0.05) is 12.2 Å². The van der Waals surface area contributed by atoms with Crippen LogP contribution in [0, 0.1) is 5.82 Å². The number of halogens is 4. The van der Waals surface area contributed by atoms with Crippen molar-refractivity contribution >= 4 is 15.7 Å². The van der Waals surface area contributed by atoms with Crippen molar-refractivity contribution in [3.05, 3.63) is 24.0 Å². The fraction of sp³-hybridized carbons (Fsp3) is 0.455. The zero-order valence-corrected chi connectivity index (χ0v) is 11.4. The van der Waals surface area contributed by atoms with Crippen molar-refractivity contribution in [2.24, 2.45) is 0 Å². The van der Waals surface area contributed by atoms with Crippen molar-refractivity contribution in [2.75, 3.05) is 18.8 Å². The third-order valence-electron chi connectivity index (χ3n) is 2.40. The Morgan fingerprint density at radius 2 is 1.90 bits per heavy atom. The lowest BCUT2D eigenvalue weighted by molar-refractivity contribution is -0.136. The molecule has 0 amide bonds. The molecule has 0 saturated heterocycles. The van der Waals surface area contributed by atoms with Gasteiger partial charge in [0.2, 0.25) is 10.0 Å². The van der Waals surface area contributed by atoms with Crippen molar-refractivity contribution in [3.63, 3.8) is 0 Å². The Hall–Kier alpha value is -1.35. The van der Waals surface area contributed by atoms with Crippen LogP contribution in [0.5, 0.6) is 0 Å². The molecule has 0 aromatic heterocycles. The molecule has 1 rings (SSSR count). The first kappa shape index (κ1) is 16.7. The Morgan fingerprint density at radius 1 is 1.30 bits per heavy atom. The maximum absolute atomic E-state index is 13.6. The Kier molecular flexibility index (Phi) is 4.98. The number of nitrogen functional groups attached to an aromatic ring is 1. The highest BCUT2D eigenvalue weighted by Gasteiger charge is 2.37. The lowest BCUT2D eigenvalue weighted by Gasteiger charge is -2.23. The third kappa shape index (κ3) is 4.07. The molecule has 0 radical (unpaired) electrons. The van der Waals surface area contributed by atoms with Gasteiger partial charge >= 0.3 is 6.18 Å². The molecular formula is C11H14F4N2O2S. The van der Waals surface area contributed by atoms with Gasteiger partial charge < -0.3 is 5.73 Å². The van der Waals surface area contributed by atoms with E-state index in [1.807, 2.05) is 0 Å². The van der Waals surface area contributed by atoms with E-state index in [0.717, 1.165) is 18.2 Å². The number of sulfonamides is 1. The van der Waals surface area contributed by atoms with Crippen LogP contribution in [-0.4, -0.2) is 32.0 Å². The molecule has 0 heterocycles. The van der Waals surface area contributed by atoms with E-state index in [1.165, 1.54) is 6.92 Å². The second-order valence-electron chi connectivity index (χ2n) is 4.14. The minimum Gasteiger partial charge on any atom is -0.399 e. The first-order chi connectivity index (χ1) is 9.08. The number of nitrogens with zero attached hydrogens (tertiary/aromatic N) is 1. The average Bonchev–Trinajstić information content (AvgIpc) is 2.26. The Morgan fingerprint density at radius 3 is 2.35 bits per heavy atom. The highest BCUT2D eigenvalue weighted by molar-refractivity contribution is 7.89. The standard InChI is InChI=1S/C11H14F4N2O2S/c1-2-5-17(7-11(13,14)15)20(18,19)10-4-3-8(16)6-9(10)12/h3-4,6H,2,5,7,16H2,1H3. The first-order valence-corrected chi connectivity index (χ1v) is 7.14. The van der Waals surface area contributed by atoms with Crippen LogP contribution < -0.4 is 5.73 Å². The van der Waals surface area contributed by atoms with Gasteiger partial charge in [-0.1, -0.05) is 6.92 Å². The monoisotopic (exact) mass is 314 g/mol. The van der Waals surface area contributed by atoms with Gasteiger partial charge in [0.05, 0.1) is 0 Å². The number of benzene rings is 1. The molecule has 2 N–H and O–H groups in total. The summed E-state index contributed by atoms with van der Waals surface area (Å²) in [6.45, 7) is -0.489. The summed E-state index contributed by atoms with van der Waals surface area (Å²) in [6.07, 6.45) is -4.53. The molecule has 0 fully saturated rings. The molecule has 0 aliphatic rings. The predicted molar refractivity (Wildman–Crippen MR) is 65.9 cm³/mol. The number of rotatable bonds is 5. The normalized spacial score (nSPS) is 12.9. The highest BCUT2D eigenvalue weighted by Crippen LogP contribution is 2.25. The molecule has 114 valence electrons. The number of hydrogen-bond acceptors (Lipinski definition) is 3. The SMILES string of the molecule is CCCN(CC(F)(F)F)S(=O)(=O)c1ccc(N)cc1F. The molecule has 9 heteroatoms. The fourth-order valence-electron chi connectivity index (χ4n) is 1.60. The van der Waals surface area contributed by atoms with Crippen LogP contribution in [0.4, 0.5) is 23.2 Å². The molecule has 20 heavy (non-hydrogen) atoms. The summed E-state index contributed by atoms with van der Waals surface area (Å²) in [4.78, 5) is -0.815. The van der Waals surface area contributed by atoms with Gasteiger partial charge in [-0.15, -0.1) is 0 Å². The lowest BCUT2D eigenvalue weighted by atomic mass is 10.3. The zero-order valence-electron chi connectivity index (χ0n) is 10.6. The summed E-state index contributed by atoms with van der Waals surface area (Å²) in [5, 5.41) is 0. The Balaban J connectivity index is 3.22. The van der Waals surface area contributed by atoms with Gasteiger partial charge in [-0.2, -0.15) is 17.5 Å². The van der Waals surface area contributed by atoms with Crippen LogP contribution in [0.3, 0.4) is 0 Å². The molecule has 0 atom stereocenters. The van der Waals surface area contributed by atoms with Gasteiger partial charge in [0.15, 0.2) is 0 Å². The summed E-state index contributed by atoms with van der Waals surface area (Å²) in [7, 11) is -4.56. The van der Waals surface area contributed by atoms with E-state index >= 15 is 0 Å². The van der Waals surface area contributed by atoms with E-state index < -0.39 is 33.5 Å². The second-order valence-corrected chi connectivity index (χ2v) is 6.05. The highest BCUT2D eigenvalue weighted by atomic mass is 32.2. The van der Waals surface area contributed by atoms with Crippen molar-refractivity contribution in [1.82, 2.24) is 4.31 Å². The van der Waals surface area contributed by atoms with Crippen LogP contribution in [0.1, 0.15) is 13.3 Å². The maximum atomic E-state index is 13.6. The number of nitrogens with two attached hydrogens (primary N) is 1. The van der Waals surface area contributed by atoms with E-state index in [1.54, 1.807) is 0 Å².